The van der Waals surface area contributed by atoms with Crippen LogP contribution in [-0.4, -0.2) is 29.3 Å². The molecule has 2 rings (SSSR count). The second kappa shape index (κ2) is 9.87. The van der Waals surface area contributed by atoms with Crippen LogP contribution in [0.4, 0.5) is 5.69 Å². The summed E-state index contributed by atoms with van der Waals surface area (Å²) in [5.74, 6) is 0.962. The van der Waals surface area contributed by atoms with Crippen LogP contribution in [-0.2, 0) is 15.3 Å². The largest absolute Gasteiger partial charge is 0.483 e. The first kappa shape index (κ1) is 19.8. The van der Waals surface area contributed by atoms with E-state index >= 15 is 0 Å². The van der Waals surface area contributed by atoms with E-state index in [-0.39, 0.29) is 18.9 Å². The van der Waals surface area contributed by atoms with Gasteiger partial charge in [-0.05, 0) is 43.2 Å². The molecule has 138 valence electrons. The van der Waals surface area contributed by atoms with Gasteiger partial charge in [-0.15, -0.1) is 0 Å². The van der Waals surface area contributed by atoms with Gasteiger partial charge < -0.3 is 15.2 Å². The lowest BCUT2D eigenvalue weighted by Gasteiger charge is -2.11. The lowest BCUT2D eigenvalue weighted by atomic mass is 10.1. The van der Waals surface area contributed by atoms with Crippen LogP contribution in [0.5, 0.6) is 5.75 Å². The van der Waals surface area contributed by atoms with Crippen molar-refractivity contribution in [2.24, 2.45) is 0 Å². The van der Waals surface area contributed by atoms with Crippen molar-refractivity contribution in [2.45, 2.75) is 26.0 Å². The number of carboxylic acids is 1. The lowest BCUT2D eigenvalue weighted by Crippen LogP contribution is -2.20. The lowest BCUT2D eigenvalue weighted by molar-refractivity contribution is -0.136. The second-order valence-corrected chi connectivity index (χ2v) is 7.11. The van der Waals surface area contributed by atoms with Gasteiger partial charge in [-0.25, -0.2) is 0 Å². The van der Waals surface area contributed by atoms with Gasteiger partial charge in [0.15, 0.2) is 6.61 Å². The van der Waals surface area contributed by atoms with Crippen LogP contribution in [0.25, 0.3) is 0 Å². The summed E-state index contributed by atoms with van der Waals surface area (Å²) in [4.78, 5) is 22.6. The Balaban J connectivity index is 1.82. The average molecular weight is 373 g/mol. The number of carboxylic acid groups (broad SMARTS) is 1. The molecule has 26 heavy (non-hydrogen) atoms. The Morgan fingerprint density at radius 3 is 2.69 bits per heavy atom. The fourth-order valence-electron chi connectivity index (χ4n) is 2.39. The van der Waals surface area contributed by atoms with Crippen LogP contribution in [0.15, 0.2) is 42.5 Å². The quantitative estimate of drug-likeness (QED) is 0.649. The molecule has 2 N–H and O–H groups in total. The summed E-state index contributed by atoms with van der Waals surface area (Å²) in [5, 5.41) is 11.5. The van der Waals surface area contributed by atoms with E-state index in [0.29, 0.717) is 22.9 Å². The monoisotopic (exact) mass is 373 g/mol. The van der Waals surface area contributed by atoms with Crippen LogP contribution >= 0.6 is 11.8 Å². The number of rotatable bonds is 9. The normalized spacial score (nSPS) is 10.4. The third kappa shape index (κ3) is 6.80. The maximum absolute atomic E-state index is 12.1. The summed E-state index contributed by atoms with van der Waals surface area (Å²) < 4.78 is 5.59. The van der Waals surface area contributed by atoms with Crippen molar-refractivity contribution in [1.29, 1.82) is 0 Å². The standard InChI is InChI=1S/C20H23NO4S/c1-14-6-7-18(15(2)10-14)25-12-19(22)21-17-5-3-4-16(11-17)13-26-9-8-20(23)24/h3-7,10-11H,8-9,12-13H2,1-2H3,(H,21,22)(H,23,24). The van der Waals surface area contributed by atoms with Crippen molar-refractivity contribution >= 4 is 29.3 Å². The van der Waals surface area contributed by atoms with Gasteiger partial charge in [0.25, 0.3) is 5.91 Å². The Labute approximate surface area is 157 Å². The van der Waals surface area contributed by atoms with Crippen molar-refractivity contribution in [1.82, 2.24) is 0 Å². The third-order valence-electron chi connectivity index (χ3n) is 3.63. The van der Waals surface area contributed by atoms with E-state index in [9.17, 15) is 9.59 Å². The van der Waals surface area contributed by atoms with E-state index in [1.165, 1.54) is 0 Å². The minimum atomic E-state index is -0.790. The highest BCUT2D eigenvalue weighted by molar-refractivity contribution is 7.98. The van der Waals surface area contributed by atoms with Gasteiger partial charge in [0.2, 0.25) is 0 Å². The van der Waals surface area contributed by atoms with Gasteiger partial charge in [-0.2, -0.15) is 11.8 Å². The molecule has 0 heterocycles. The van der Waals surface area contributed by atoms with E-state index in [1.807, 2.05) is 56.3 Å². The minimum Gasteiger partial charge on any atom is -0.483 e. The highest BCUT2D eigenvalue weighted by Crippen LogP contribution is 2.19. The zero-order valence-electron chi connectivity index (χ0n) is 15.0. The molecule has 1 amide bonds. The van der Waals surface area contributed by atoms with E-state index < -0.39 is 5.97 Å². The number of carbonyl (C=O) groups is 2. The van der Waals surface area contributed by atoms with Crippen molar-refractivity contribution in [3.05, 3.63) is 59.2 Å². The molecule has 6 heteroatoms. The third-order valence-corrected chi connectivity index (χ3v) is 4.66. The molecule has 0 aliphatic rings. The fraction of sp³-hybridized carbons (Fsp3) is 0.300. The van der Waals surface area contributed by atoms with Gasteiger partial charge in [0.1, 0.15) is 5.75 Å². The summed E-state index contributed by atoms with van der Waals surface area (Å²) in [6.07, 6.45) is 0.150. The Bertz CT molecular complexity index is 776. The first-order valence-corrected chi connectivity index (χ1v) is 9.48. The number of thioether (sulfide) groups is 1. The summed E-state index contributed by atoms with van der Waals surface area (Å²) in [7, 11) is 0. The molecule has 0 saturated carbocycles. The Morgan fingerprint density at radius 2 is 1.96 bits per heavy atom. The molecule has 0 bridgehead atoms. The summed E-state index contributed by atoms with van der Waals surface area (Å²) >= 11 is 1.55. The summed E-state index contributed by atoms with van der Waals surface area (Å²) in [6, 6.07) is 13.4. The number of hydrogen-bond acceptors (Lipinski definition) is 4. The molecule has 0 unspecified atom stereocenters. The number of nitrogens with one attached hydrogen (secondary N) is 1. The minimum absolute atomic E-state index is 0.0541. The molecule has 0 aliphatic heterocycles. The summed E-state index contributed by atoms with van der Waals surface area (Å²) in [5.41, 5.74) is 3.89. The Kier molecular flexibility index (Phi) is 7.53. The fourth-order valence-corrected chi connectivity index (χ4v) is 3.27. The Morgan fingerprint density at radius 1 is 1.15 bits per heavy atom. The summed E-state index contributed by atoms with van der Waals surface area (Å²) in [6.45, 7) is 3.91. The zero-order valence-corrected chi connectivity index (χ0v) is 15.8. The zero-order chi connectivity index (χ0) is 18.9. The molecule has 0 spiro atoms. The van der Waals surface area contributed by atoms with Crippen molar-refractivity contribution in [3.8, 4) is 5.75 Å². The van der Waals surface area contributed by atoms with Crippen LogP contribution in [0.3, 0.4) is 0 Å². The highest BCUT2D eigenvalue weighted by Gasteiger charge is 2.06. The molecule has 5 nitrogen and oxygen atoms in total. The Hall–Kier alpha value is -2.47. The molecule has 2 aromatic carbocycles. The van der Waals surface area contributed by atoms with Gasteiger partial charge in [-0.3, -0.25) is 9.59 Å². The van der Waals surface area contributed by atoms with Crippen LogP contribution in [0.1, 0.15) is 23.1 Å². The molecule has 0 aliphatic carbocycles. The number of carbonyl (C=O) groups excluding carboxylic acids is 1. The van der Waals surface area contributed by atoms with E-state index in [4.69, 9.17) is 9.84 Å². The van der Waals surface area contributed by atoms with Crippen LogP contribution < -0.4 is 10.1 Å². The smallest absolute Gasteiger partial charge is 0.304 e. The molecule has 0 atom stereocenters. The molecule has 0 saturated heterocycles. The number of amides is 1. The number of aliphatic carboxylic acids is 1. The number of aryl methyl sites for hydroxylation is 2. The highest BCUT2D eigenvalue weighted by atomic mass is 32.2. The van der Waals surface area contributed by atoms with E-state index in [2.05, 4.69) is 5.32 Å². The molecule has 0 radical (unpaired) electrons. The maximum atomic E-state index is 12.1. The second-order valence-electron chi connectivity index (χ2n) is 6.00. The molecular weight excluding hydrogens is 350 g/mol. The first-order valence-electron chi connectivity index (χ1n) is 8.32. The molecular formula is C20H23NO4S. The SMILES string of the molecule is Cc1ccc(OCC(=O)Nc2cccc(CSCCC(=O)O)c2)c(C)c1. The van der Waals surface area contributed by atoms with Gasteiger partial charge >= 0.3 is 5.97 Å². The van der Waals surface area contributed by atoms with Crippen molar-refractivity contribution < 1.29 is 19.4 Å². The van der Waals surface area contributed by atoms with Crippen molar-refractivity contribution in [3.63, 3.8) is 0 Å². The average Bonchev–Trinajstić information content (AvgIpc) is 2.58. The van der Waals surface area contributed by atoms with Gasteiger partial charge in [-0.1, -0.05) is 29.8 Å². The number of benzene rings is 2. The van der Waals surface area contributed by atoms with Crippen LogP contribution in [0.2, 0.25) is 0 Å². The number of anilines is 1. The van der Waals surface area contributed by atoms with Crippen molar-refractivity contribution in [2.75, 3.05) is 17.7 Å². The number of ether oxygens (including phenoxy) is 1. The van der Waals surface area contributed by atoms with E-state index in [0.717, 1.165) is 16.7 Å². The topological polar surface area (TPSA) is 75.6 Å². The molecule has 2 aromatic rings. The predicted molar refractivity (Wildman–Crippen MR) is 105 cm³/mol. The van der Waals surface area contributed by atoms with E-state index in [1.54, 1.807) is 11.8 Å². The van der Waals surface area contributed by atoms with Gasteiger partial charge in [0, 0.05) is 17.2 Å². The van der Waals surface area contributed by atoms with Gasteiger partial charge in [0.05, 0.1) is 6.42 Å². The first-order chi connectivity index (χ1) is 12.4. The predicted octanol–water partition coefficient (Wildman–Crippen LogP) is 4.03. The molecule has 0 aromatic heterocycles. The number of hydrogen-bond donors (Lipinski definition) is 2. The maximum Gasteiger partial charge on any atom is 0.304 e. The van der Waals surface area contributed by atoms with Crippen LogP contribution in [0, 0.1) is 13.8 Å². The molecule has 0 fully saturated rings.